The Morgan fingerprint density at radius 1 is 1.12 bits per heavy atom. The van der Waals surface area contributed by atoms with Crippen LogP contribution in [0.3, 0.4) is 0 Å². The molecule has 2 saturated heterocycles. The van der Waals surface area contributed by atoms with Gasteiger partial charge < -0.3 is 4.90 Å². The number of piperidine rings is 1. The van der Waals surface area contributed by atoms with Gasteiger partial charge in [-0.2, -0.15) is 0 Å². The van der Waals surface area contributed by atoms with Crippen LogP contribution in [0.4, 0.5) is 5.13 Å². The molecule has 0 saturated carbocycles. The highest BCUT2D eigenvalue weighted by atomic mass is 79.9. The molecular weight excluding hydrogens is 300 g/mol. The molecule has 1 unspecified atom stereocenters. The zero-order valence-electron chi connectivity index (χ0n) is 9.81. The second-order valence-electron chi connectivity index (χ2n) is 4.82. The molecule has 94 valence electrons. The molecule has 2 aliphatic rings. The van der Waals surface area contributed by atoms with Crippen molar-refractivity contribution >= 4 is 32.4 Å². The van der Waals surface area contributed by atoms with E-state index in [-0.39, 0.29) is 0 Å². The summed E-state index contributed by atoms with van der Waals surface area (Å²) in [5, 5.41) is 9.30. The van der Waals surface area contributed by atoms with Crippen LogP contribution in [0, 0.1) is 0 Å². The Kier molecular flexibility index (Phi) is 3.63. The third-order valence-corrected chi connectivity index (χ3v) is 5.15. The molecule has 0 aliphatic carbocycles. The van der Waals surface area contributed by atoms with E-state index >= 15 is 0 Å². The van der Waals surface area contributed by atoms with Crippen LogP contribution in [0.15, 0.2) is 3.92 Å². The van der Waals surface area contributed by atoms with Gasteiger partial charge in [0.1, 0.15) is 0 Å². The fraction of sp³-hybridized carbons (Fsp3) is 0.818. The predicted molar refractivity (Wildman–Crippen MR) is 73.7 cm³/mol. The van der Waals surface area contributed by atoms with Crippen LogP contribution in [0.5, 0.6) is 0 Å². The Hall–Kier alpha value is -0.200. The number of halogens is 1. The number of likely N-dealkylation sites (tertiary alicyclic amines) is 1. The third kappa shape index (κ3) is 2.63. The van der Waals surface area contributed by atoms with Gasteiger partial charge in [-0.05, 0) is 48.3 Å². The van der Waals surface area contributed by atoms with E-state index in [0.717, 1.165) is 28.2 Å². The van der Waals surface area contributed by atoms with Crippen molar-refractivity contribution in [2.24, 2.45) is 0 Å². The van der Waals surface area contributed by atoms with Crippen LogP contribution >= 0.6 is 27.3 Å². The summed E-state index contributed by atoms with van der Waals surface area (Å²) in [6, 6.07) is 0.734. The zero-order chi connectivity index (χ0) is 11.7. The monoisotopic (exact) mass is 316 g/mol. The maximum absolute atomic E-state index is 4.21. The Balaban J connectivity index is 1.61. The van der Waals surface area contributed by atoms with Gasteiger partial charge in [0.2, 0.25) is 5.13 Å². The maximum atomic E-state index is 4.21. The quantitative estimate of drug-likeness (QED) is 0.838. The summed E-state index contributed by atoms with van der Waals surface area (Å²) in [5.74, 6) is 0. The van der Waals surface area contributed by atoms with Crippen molar-refractivity contribution < 1.29 is 0 Å². The van der Waals surface area contributed by atoms with E-state index in [1.807, 2.05) is 0 Å². The summed E-state index contributed by atoms with van der Waals surface area (Å²) < 4.78 is 0.883. The van der Waals surface area contributed by atoms with E-state index in [1.165, 1.54) is 38.8 Å². The number of nitrogens with zero attached hydrogens (tertiary/aromatic N) is 4. The van der Waals surface area contributed by atoms with Gasteiger partial charge in [-0.1, -0.05) is 17.8 Å². The van der Waals surface area contributed by atoms with Crippen LogP contribution in [-0.2, 0) is 0 Å². The fourth-order valence-electron chi connectivity index (χ4n) is 2.82. The van der Waals surface area contributed by atoms with Gasteiger partial charge in [-0.25, -0.2) is 0 Å². The number of hydrogen-bond acceptors (Lipinski definition) is 5. The smallest absolute Gasteiger partial charge is 0.209 e. The van der Waals surface area contributed by atoms with Crippen LogP contribution in [-0.4, -0.2) is 47.3 Å². The van der Waals surface area contributed by atoms with E-state index in [2.05, 4.69) is 35.9 Å². The van der Waals surface area contributed by atoms with Crippen LogP contribution < -0.4 is 4.90 Å². The molecule has 0 bridgehead atoms. The first kappa shape index (κ1) is 11.9. The molecule has 1 atom stereocenters. The van der Waals surface area contributed by atoms with Gasteiger partial charge in [0.15, 0.2) is 3.92 Å². The molecule has 0 amide bonds. The normalized spacial score (nSPS) is 26.6. The molecule has 0 spiro atoms. The summed E-state index contributed by atoms with van der Waals surface area (Å²) in [6.07, 6.45) is 5.44. The zero-order valence-corrected chi connectivity index (χ0v) is 12.2. The lowest BCUT2D eigenvalue weighted by Crippen LogP contribution is -2.40. The molecule has 3 rings (SSSR count). The average molecular weight is 317 g/mol. The standard InChI is InChI=1S/C11H17BrN4S/c12-10-13-14-11(17-10)16-7-4-9(8-16)15-5-2-1-3-6-15/h9H,1-8H2. The van der Waals surface area contributed by atoms with Gasteiger partial charge in [0, 0.05) is 19.1 Å². The third-order valence-electron chi connectivity index (χ3n) is 3.73. The number of hydrogen-bond donors (Lipinski definition) is 0. The highest BCUT2D eigenvalue weighted by Crippen LogP contribution is 2.29. The van der Waals surface area contributed by atoms with Crippen molar-refractivity contribution in [3.8, 4) is 0 Å². The topological polar surface area (TPSA) is 32.3 Å². The fourth-order valence-corrected chi connectivity index (χ4v) is 3.95. The number of anilines is 1. The highest BCUT2D eigenvalue weighted by molar-refractivity contribution is 9.11. The summed E-state index contributed by atoms with van der Waals surface area (Å²) in [6.45, 7) is 4.83. The minimum absolute atomic E-state index is 0.734. The molecule has 2 aliphatic heterocycles. The van der Waals surface area contributed by atoms with Crippen LogP contribution in [0.1, 0.15) is 25.7 Å². The molecule has 1 aromatic rings. The first-order chi connectivity index (χ1) is 8.33. The highest BCUT2D eigenvalue weighted by Gasteiger charge is 2.29. The molecule has 3 heterocycles. The summed E-state index contributed by atoms with van der Waals surface area (Å²) in [4.78, 5) is 5.04. The number of aromatic nitrogens is 2. The Morgan fingerprint density at radius 2 is 1.94 bits per heavy atom. The van der Waals surface area contributed by atoms with E-state index in [0.29, 0.717) is 0 Å². The van der Waals surface area contributed by atoms with Crippen molar-refractivity contribution in [2.75, 3.05) is 31.1 Å². The molecule has 17 heavy (non-hydrogen) atoms. The lowest BCUT2D eigenvalue weighted by atomic mass is 10.1. The largest absolute Gasteiger partial charge is 0.345 e. The Bertz CT molecular complexity index is 377. The van der Waals surface area contributed by atoms with Gasteiger partial charge in [-0.15, -0.1) is 10.2 Å². The first-order valence-electron chi connectivity index (χ1n) is 6.31. The van der Waals surface area contributed by atoms with Gasteiger partial charge in [0.05, 0.1) is 0 Å². The molecule has 0 radical (unpaired) electrons. The van der Waals surface area contributed by atoms with Crippen molar-refractivity contribution in [3.05, 3.63) is 3.92 Å². The second kappa shape index (κ2) is 5.20. The lowest BCUT2D eigenvalue weighted by Gasteiger charge is -2.32. The SMILES string of the molecule is Brc1nnc(N2CCC(N3CCCCC3)C2)s1. The second-order valence-corrected chi connectivity index (χ2v) is 7.05. The van der Waals surface area contributed by atoms with Crippen molar-refractivity contribution in [2.45, 2.75) is 31.7 Å². The van der Waals surface area contributed by atoms with Gasteiger partial charge in [0.25, 0.3) is 0 Å². The molecule has 0 aromatic carbocycles. The summed E-state index contributed by atoms with van der Waals surface area (Å²) in [7, 11) is 0. The van der Waals surface area contributed by atoms with Gasteiger partial charge in [-0.3, -0.25) is 4.90 Å². The van der Waals surface area contributed by atoms with Crippen LogP contribution in [0.2, 0.25) is 0 Å². The molecule has 4 nitrogen and oxygen atoms in total. The van der Waals surface area contributed by atoms with Crippen molar-refractivity contribution in [1.82, 2.24) is 15.1 Å². The lowest BCUT2D eigenvalue weighted by molar-refractivity contribution is 0.175. The molecule has 2 fully saturated rings. The molecular formula is C11H17BrN4S. The van der Waals surface area contributed by atoms with Crippen LogP contribution in [0.25, 0.3) is 0 Å². The molecule has 6 heteroatoms. The Labute approximate surface area is 114 Å². The van der Waals surface area contributed by atoms with Crippen molar-refractivity contribution in [1.29, 1.82) is 0 Å². The minimum atomic E-state index is 0.734. The minimum Gasteiger partial charge on any atom is -0.345 e. The Morgan fingerprint density at radius 3 is 2.65 bits per heavy atom. The van der Waals surface area contributed by atoms with E-state index < -0.39 is 0 Å². The van der Waals surface area contributed by atoms with Gasteiger partial charge >= 0.3 is 0 Å². The summed E-state index contributed by atoms with van der Waals surface area (Å²) in [5.41, 5.74) is 0. The van der Waals surface area contributed by atoms with E-state index in [9.17, 15) is 0 Å². The van der Waals surface area contributed by atoms with E-state index in [1.54, 1.807) is 11.3 Å². The van der Waals surface area contributed by atoms with E-state index in [4.69, 9.17) is 0 Å². The molecule has 0 N–H and O–H groups in total. The molecule has 1 aromatic heterocycles. The average Bonchev–Trinajstić information content (AvgIpc) is 2.98. The maximum Gasteiger partial charge on any atom is 0.209 e. The van der Waals surface area contributed by atoms with Crippen molar-refractivity contribution in [3.63, 3.8) is 0 Å². The number of rotatable bonds is 2. The predicted octanol–water partition coefficient (Wildman–Crippen LogP) is 2.37. The summed E-state index contributed by atoms with van der Waals surface area (Å²) >= 11 is 5.01. The first-order valence-corrected chi connectivity index (χ1v) is 7.92.